The first-order valence-electron chi connectivity index (χ1n) is 3.83. The van der Waals surface area contributed by atoms with Gasteiger partial charge in [-0.2, -0.15) is 9.61 Å². The molecule has 0 aliphatic heterocycles. The number of nitrogens with zero attached hydrogens (tertiary/aromatic N) is 4. The van der Waals surface area contributed by atoms with Gasteiger partial charge in [0.05, 0.1) is 11.8 Å². The maximum absolute atomic E-state index is 5.82. The summed E-state index contributed by atoms with van der Waals surface area (Å²) in [5, 5.41) is 4.03. The number of nitrogens with two attached hydrogens (primary N) is 1. The Kier molecular flexibility index (Phi) is 1.70. The first-order chi connectivity index (χ1) is 6.33. The number of fused-ring (bicyclic) bond motifs is 1. The number of anilines is 1. The Morgan fingerprint density at radius 1 is 1.62 bits per heavy atom. The standard InChI is InChI=1S/C8H9N5/c1-10-4-6-5-11-7-2-3-12-13(7)8(6)9/h2-5H,9H2,1H3. The summed E-state index contributed by atoms with van der Waals surface area (Å²) in [4.78, 5) is 8.02. The summed E-state index contributed by atoms with van der Waals surface area (Å²) in [6.45, 7) is 0. The van der Waals surface area contributed by atoms with Crippen molar-refractivity contribution in [2.24, 2.45) is 4.99 Å². The van der Waals surface area contributed by atoms with Gasteiger partial charge >= 0.3 is 0 Å². The van der Waals surface area contributed by atoms with E-state index in [9.17, 15) is 0 Å². The van der Waals surface area contributed by atoms with Crippen LogP contribution in [-0.4, -0.2) is 27.9 Å². The lowest BCUT2D eigenvalue weighted by Gasteiger charge is -2.01. The van der Waals surface area contributed by atoms with Gasteiger partial charge in [-0.05, 0) is 0 Å². The van der Waals surface area contributed by atoms with E-state index < -0.39 is 0 Å². The third-order valence-corrected chi connectivity index (χ3v) is 1.75. The molecule has 5 nitrogen and oxygen atoms in total. The van der Waals surface area contributed by atoms with Crippen molar-refractivity contribution in [3.05, 3.63) is 24.0 Å². The van der Waals surface area contributed by atoms with Gasteiger partial charge in [-0.25, -0.2) is 4.98 Å². The lowest BCUT2D eigenvalue weighted by molar-refractivity contribution is 0.950. The predicted molar refractivity (Wildman–Crippen MR) is 50.9 cm³/mol. The van der Waals surface area contributed by atoms with Crippen LogP contribution in [0.15, 0.2) is 23.5 Å². The van der Waals surface area contributed by atoms with Crippen LogP contribution < -0.4 is 5.73 Å². The number of aromatic nitrogens is 3. The van der Waals surface area contributed by atoms with E-state index in [1.54, 1.807) is 36.2 Å². The van der Waals surface area contributed by atoms with Gasteiger partial charge in [-0.1, -0.05) is 0 Å². The first kappa shape index (κ1) is 7.72. The molecule has 0 spiro atoms. The lowest BCUT2D eigenvalue weighted by atomic mass is 10.3. The number of hydrogen-bond donors (Lipinski definition) is 1. The molecule has 0 unspecified atom stereocenters. The molecule has 13 heavy (non-hydrogen) atoms. The number of nitrogen functional groups attached to an aromatic ring is 1. The topological polar surface area (TPSA) is 68.6 Å². The molecule has 0 bridgehead atoms. The second kappa shape index (κ2) is 2.85. The van der Waals surface area contributed by atoms with E-state index in [0.717, 1.165) is 11.2 Å². The highest BCUT2D eigenvalue weighted by Gasteiger charge is 2.02. The number of aliphatic imine (C=N–C) groups is 1. The van der Waals surface area contributed by atoms with Crippen LogP contribution in [0.2, 0.25) is 0 Å². The molecule has 2 N–H and O–H groups in total. The van der Waals surface area contributed by atoms with Crippen molar-refractivity contribution >= 4 is 17.7 Å². The molecule has 0 saturated carbocycles. The molecule has 5 heteroatoms. The maximum Gasteiger partial charge on any atom is 0.157 e. The maximum atomic E-state index is 5.82. The van der Waals surface area contributed by atoms with E-state index in [4.69, 9.17) is 5.73 Å². The molecule has 0 atom stereocenters. The average molecular weight is 175 g/mol. The summed E-state index contributed by atoms with van der Waals surface area (Å²) in [7, 11) is 1.69. The third kappa shape index (κ3) is 1.14. The van der Waals surface area contributed by atoms with Crippen molar-refractivity contribution in [1.29, 1.82) is 0 Å². The monoisotopic (exact) mass is 175 g/mol. The van der Waals surface area contributed by atoms with Gasteiger partial charge in [-0.15, -0.1) is 0 Å². The molecule has 0 aliphatic carbocycles. The Balaban J connectivity index is 2.73. The van der Waals surface area contributed by atoms with Gasteiger partial charge in [0.1, 0.15) is 5.82 Å². The Morgan fingerprint density at radius 3 is 3.23 bits per heavy atom. The zero-order valence-electron chi connectivity index (χ0n) is 7.18. The van der Waals surface area contributed by atoms with E-state index in [-0.39, 0.29) is 0 Å². The third-order valence-electron chi connectivity index (χ3n) is 1.75. The summed E-state index contributed by atoms with van der Waals surface area (Å²) >= 11 is 0. The fourth-order valence-electron chi connectivity index (χ4n) is 1.14. The normalized spacial score (nSPS) is 11.5. The highest BCUT2D eigenvalue weighted by Crippen LogP contribution is 2.09. The molecule has 2 rings (SSSR count). The van der Waals surface area contributed by atoms with Crippen molar-refractivity contribution in [2.75, 3.05) is 12.8 Å². The molecule has 0 saturated heterocycles. The van der Waals surface area contributed by atoms with E-state index in [1.807, 2.05) is 0 Å². The predicted octanol–water partition coefficient (Wildman–Crippen LogP) is 0.360. The van der Waals surface area contributed by atoms with E-state index in [0.29, 0.717) is 5.82 Å². The van der Waals surface area contributed by atoms with Gasteiger partial charge in [-0.3, -0.25) is 4.99 Å². The van der Waals surface area contributed by atoms with Gasteiger partial charge < -0.3 is 5.73 Å². The second-order valence-corrected chi connectivity index (χ2v) is 2.59. The van der Waals surface area contributed by atoms with Crippen LogP contribution in [0.3, 0.4) is 0 Å². The SMILES string of the molecule is CN=Cc1cnc2ccnn2c1N. The molecular weight excluding hydrogens is 166 g/mol. The fraction of sp³-hybridized carbons (Fsp3) is 0.125. The molecule has 66 valence electrons. The molecule has 0 fully saturated rings. The zero-order chi connectivity index (χ0) is 9.26. The van der Waals surface area contributed by atoms with Crippen molar-refractivity contribution in [1.82, 2.24) is 14.6 Å². The van der Waals surface area contributed by atoms with Crippen LogP contribution in [0.25, 0.3) is 5.65 Å². The molecule has 0 aliphatic rings. The summed E-state index contributed by atoms with van der Waals surface area (Å²) in [6, 6.07) is 1.79. The second-order valence-electron chi connectivity index (χ2n) is 2.59. The van der Waals surface area contributed by atoms with Gasteiger partial charge in [0.15, 0.2) is 5.65 Å². The average Bonchev–Trinajstić information content (AvgIpc) is 2.58. The summed E-state index contributed by atoms with van der Waals surface area (Å²) in [6.07, 6.45) is 4.99. The Morgan fingerprint density at radius 2 is 2.46 bits per heavy atom. The van der Waals surface area contributed by atoms with Crippen LogP contribution >= 0.6 is 0 Å². The highest BCUT2D eigenvalue weighted by molar-refractivity contribution is 5.85. The number of rotatable bonds is 1. The van der Waals surface area contributed by atoms with Crippen LogP contribution in [0, 0.1) is 0 Å². The Labute approximate surface area is 74.9 Å². The summed E-state index contributed by atoms with van der Waals surface area (Å²) < 4.78 is 1.58. The number of hydrogen-bond acceptors (Lipinski definition) is 4. The van der Waals surface area contributed by atoms with Crippen LogP contribution in [-0.2, 0) is 0 Å². The van der Waals surface area contributed by atoms with Crippen LogP contribution in [0.1, 0.15) is 5.56 Å². The van der Waals surface area contributed by atoms with Gasteiger partial charge in [0, 0.05) is 25.5 Å². The smallest absolute Gasteiger partial charge is 0.157 e. The van der Waals surface area contributed by atoms with Crippen molar-refractivity contribution in [2.45, 2.75) is 0 Å². The molecule has 0 radical (unpaired) electrons. The first-order valence-corrected chi connectivity index (χ1v) is 3.83. The van der Waals surface area contributed by atoms with Crippen molar-refractivity contribution < 1.29 is 0 Å². The highest BCUT2D eigenvalue weighted by atomic mass is 15.3. The largest absolute Gasteiger partial charge is 0.383 e. The minimum absolute atomic E-state index is 0.556. The van der Waals surface area contributed by atoms with Crippen molar-refractivity contribution in [3.8, 4) is 0 Å². The van der Waals surface area contributed by atoms with E-state index in [1.165, 1.54) is 0 Å². The van der Waals surface area contributed by atoms with Gasteiger partial charge in [0.2, 0.25) is 0 Å². The summed E-state index contributed by atoms with van der Waals surface area (Å²) in [5.41, 5.74) is 7.34. The van der Waals surface area contributed by atoms with Gasteiger partial charge in [0.25, 0.3) is 0 Å². The quantitative estimate of drug-likeness (QED) is 0.636. The van der Waals surface area contributed by atoms with Crippen LogP contribution in [0.5, 0.6) is 0 Å². The van der Waals surface area contributed by atoms with E-state index in [2.05, 4.69) is 15.1 Å². The van der Waals surface area contributed by atoms with E-state index >= 15 is 0 Å². The Bertz CT molecular complexity index is 457. The fourth-order valence-corrected chi connectivity index (χ4v) is 1.14. The Hall–Kier alpha value is -1.91. The van der Waals surface area contributed by atoms with Crippen LogP contribution in [0.4, 0.5) is 5.82 Å². The molecule has 2 heterocycles. The molecule has 2 aromatic heterocycles. The summed E-state index contributed by atoms with van der Waals surface area (Å²) in [5.74, 6) is 0.556. The molecule has 2 aromatic rings. The molecule has 0 amide bonds. The molecule has 0 aromatic carbocycles. The molecular formula is C8H9N5. The lowest BCUT2D eigenvalue weighted by Crippen LogP contribution is -2.04. The zero-order valence-corrected chi connectivity index (χ0v) is 7.18. The van der Waals surface area contributed by atoms with Crippen molar-refractivity contribution in [3.63, 3.8) is 0 Å². The minimum Gasteiger partial charge on any atom is -0.383 e. The minimum atomic E-state index is 0.556.